The van der Waals surface area contributed by atoms with Crippen LogP contribution in [0.25, 0.3) is 0 Å². The van der Waals surface area contributed by atoms with Crippen LogP contribution < -0.4 is 26.7 Å². The number of nitrogens with one attached hydrogen (secondary N) is 2. The molecule has 0 unspecified atom stereocenters. The molecule has 10 heteroatoms. The number of halogens is 1. The lowest BCUT2D eigenvalue weighted by Gasteiger charge is -2.24. The normalized spacial score (nSPS) is 13.7. The maximum atomic E-state index is 13.7. The summed E-state index contributed by atoms with van der Waals surface area (Å²) in [6.45, 7) is 0.480. The number of rotatable bonds is 10. The van der Waals surface area contributed by atoms with Gasteiger partial charge in [0.1, 0.15) is 17.4 Å². The SMILES string of the molecule is COc1ccc(Cn2c(NCc3cccnc3NC3CCCCC3)nc(=O)n(Cc3ccc(F)cc3)c2=O)cc1. The fourth-order valence-electron chi connectivity index (χ4n) is 4.95. The van der Waals surface area contributed by atoms with E-state index in [1.54, 1.807) is 25.4 Å². The van der Waals surface area contributed by atoms with Crippen LogP contribution in [0.15, 0.2) is 76.4 Å². The number of hydrogen-bond acceptors (Lipinski definition) is 7. The third kappa shape index (κ3) is 6.56. The predicted octanol–water partition coefficient (Wildman–Crippen LogP) is 4.40. The van der Waals surface area contributed by atoms with E-state index in [0.717, 1.165) is 34.4 Å². The molecular formula is C30H33FN6O3. The van der Waals surface area contributed by atoms with Crippen molar-refractivity contribution >= 4 is 11.8 Å². The molecule has 0 radical (unpaired) electrons. The van der Waals surface area contributed by atoms with E-state index in [0.29, 0.717) is 23.9 Å². The number of anilines is 2. The molecule has 0 saturated heterocycles. The van der Waals surface area contributed by atoms with Crippen LogP contribution in [0.4, 0.5) is 16.2 Å². The van der Waals surface area contributed by atoms with E-state index in [2.05, 4.69) is 20.6 Å². The first-order chi connectivity index (χ1) is 19.5. The third-order valence-electron chi connectivity index (χ3n) is 7.18. The summed E-state index contributed by atoms with van der Waals surface area (Å²) in [6.07, 6.45) is 7.64. The van der Waals surface area contributed by atoms with E-state index >= 15 is 0 Å². The first-order valence-electron chi connectivity index (χ1n) is 13.5. The van der Waals surface area contributed by atoms with E-state index in [1.807, 2.05) is 36.4 Å². The van der Waals surface area contributed by atoms with Crippen LogP contribution in [0, 0.1) is 5.82 Å². The zero-order chi connectivity index (χ0) is 27.9. The number of pyridine rings is 1. The van der Waals surface area contributed by atoms with Crippen molar-refractivity contribution < 1.29 is 9.13 Å². The Kier molecular flexibility index (Phi) is 8.53. The summed E-state index contributed by atoms with van der Waals surface area (Å²) in [5, 5.41) is 6.78. The lowest BCUT2D eigenvalue weighted by molar-refractivity contribution is 0.414. The van der Waals surface area contributed by atoms with Gasteiger partial charge in [-0.25, -0.2) is 23.5 Å². The van der Waals surface area contributed by atoms with Gasteiger partial charge in [-0.1, -0.05) is 49.6 Å². The van der Waals surface area contributed by atoms with E-state index in [4.69, 9.17) is 4.74 Å². The van der Waals surface area contributed by atoms with Crippen LogP contribution in [-0.4, -0.2) is 32.3 Å². The molecule has 0 aliphatic heterocycles. The number of ether oxygens (including phenoxy) is 1. The van der Waals surface area contributed by atoms with Gasteiger partial charge in [0.2, 0.25) is 5.95 Å². The average molecular weight is 545 g/mol. The van der Waals surface area contributed by atoms with Crippen molar-refractivity contribution in [3.05, 3.63) is 110 Å². The Hall–Kier alpha value is -4.47. The summed E-state index contributed by atoms with van der Waals surface area (Å²) >= 11 is 0. The molecule has 5 rings (SSSR count). The van der Waals surface area contributed by atoms with Crippen LogP contribution in [0.2, 0.25) is 0 Å². The highest BCUT2D eigenvalue weighted by atomic mass is 19.1. The second kappa shape index (κ2) is 12.6. The van der Waals surface area contributed by atoms with Gasteiger partial charge in [0.25, 0.3) is 0 Å². The lowest BCUT2D eigenvalue weighted by Crippen LogP contribution is -2.43. The molecule has 2 aromatic heterocycles. The molecule has 0 bridgehead atoms. The molecule has 0 spiro atoms. The molecular weight excluding hydrogens is 511 g/mol. The maximum Gasteiger partial charge on any atom is 0.355 e. The minimum Gasteiger partial charge on any atom is -0.497 e. The van der Waals surface area contributed by atoms with Gasteiger partial charge in [-0.05, 0) is 54.3 Å². The van der Waals surface area contributed by atoms with Gasteiger partial charge in [-0.2, -0.15) is 4.98 Å². The van der Waals surface area contributed by atoms with Gasteiger partial charge in [0.05, 0.1) is 20.2 Å². The van der Waals surface area contributed by atoms with Crippen molar-refractivity contribution in [2.45, 2.75) is 57.8 Å². The molecule has 2 heterocycles. The van der Waals surface area contributed by atoms with Gasteiger partial charge >= 0.3 is 11.4 Å². The molecule has 9 nitrogen and oxygen atoms in total. The zero-order valence-corrected chi connectivity index (χ0v) is 22.5. The fraction of sp³-hybridized carbons (Fsp3) is 0.333. The van der Waals surface area contributed by atoms with Gasteiger partial charge in [-0.3, -0.25) is 4.57 Å². The van der Waals surface area contributed by atoms with Crippen molar-refractivity contribution in [2.24, 2.45) is 0 Å². The fourth-order valence-corrected chi connectivity index (χ4v) is 4.95. The van der Waals surface area contributed by atoms with Crippen molar-refractivity contribution in [1.29, 1.82) is 0 Å². The molecule has 0 amide bonds. The van der Waals surface area contributed by atoms with Crippen molar-refractivity contribution in [3.63, 3.8) is 0 Å². The molecule has 2 aromatic carbocycles. The molecule has 1 saturated carbocycles. The summed E-state index contributed by atoms with van der Waals surface area (Å²) < 4.78 is 21.2. The molecule has 2 N–H and O–H groups in total. The van der Waals surface area contributed by atoms with Gasteiger partial charge in [0.15, 0.2) is 0 Å². The Morgan fingerprint density at radius 2 is 1.60 bits per heavy atom. The topological polar surface area (TPSA) is 103 Å². The Morgan fingerprint density at radius 3 is 2.30 bits per heavy atom. The number of nitrogens with zero attached hydrogens (tertiary/aromatic N) is 4. The second-order valence-electron chi connectivity index (χ2n) is 9.99. The number of hydrogen-bond donors (Lipinski definition) is 2. The Bertz CT molecular complexity index is 1540. The summed E-state index contributed by atoms with van der Waals surface area (Å²) in [4.78, 5) is 35.5. The monoisotopic (exact) mass is 544 g/mol. The number of methoxy groups -OCH3 is 1. The summed E-state index contributed by atoms with van der Waals surface area (Å²) in [6, 6.07) is 17.2. The Labute approximate surface area is 231 Å². The first kappa shape index (κ1) is 27.1. The number of aromatic nitrogens is 4. The summed E-state index contributed by atoms with van der Waals surface area (Å²) in [5.74, 6) is 1.26. The van der Waals surface area contributed by atoms with Crippen molar-refractivity contribution in [1.82, 2.24) is 19.1 Å². The van der Waals surface area contributed by atoms with Crippen LogP contribution in [0.3, 0.4) is 0 Å². The van der Waals surface area contributed by atoms with E-state index < -0.39 is 17.2 Å². The summed E-state index contributed by atoms with van der Waals surface area (Å²) in [5.41, 5.74) is 1.16. The number of benzene rings is 2. The van der Waals surface area contributed by atoms with E-state index in [1.165, 1.54) is 36.0 Å². The molecule has 4 aromatic rings. The first-order valence-corrected chi connectivity index (χ1v) is 13.5. The molecule has 0 atom stereocenters. The highest BCUT2D eigenvalue weighted by Crippen LogP contribution is 2.23. The molecule has 208 valence electrons. The third-order valence-corrected chi connectivity index (χ3v) is 7.18. The van der Waals surface area contributed by atoms with Crippen LogP contribution in [0.5, 0.6) is 5.75 Å². The Balaban J connectivity index is 1.45. The minimum atomic E-state index is -0.686. The van der Waals surface area contributed by atoms with Gasteiger partial charge in [0, 0.05) is 24.3 Å². The standard InChI is InChI=1S/C30H33FN6O3/c1-40-26-15-11-22(12-16-26)19-36-28(35-29(38)37(30(36)39)20-21-9-13-24(31)14-10-21)33-18-23-6-5-17-32-27(23)34-25-7-3-2-4-8-25/h5-6,9-17,25H,2-4,7-8,18-20H2,1H3,(H,32,34)(H,33,35,38). The lowest BCUT2D eigenvalue weighted by atomic mass is 9.95. The van der Waals surface area contributed by atoms with Crippen molar-refractivity contribution in [2.75, 3.05) is 17.7 Å². The van der Waals surface area contributed by atoms with Crippen molar-refractivity contribution in [3.8, 4) is 5.75 Å². The second-order valence-corrected chi connectivity index (χ2v) is 9.99. The largest absolute Gasteiger partial charge is 0.497 e. The zero-order valence-electron chi connectivity index (χ0n) is 22.5. The predicted molar refractivity (Wildman–Crippen MR) is 152 cm³/mol. The minimum absolute atomic E-state index is 0.0219. The molecule has 1 fully saturated rings. The molecule has 1 aliphatic rings. The van der Waals surface area contributed by atoms with Gasteiger partial charge in [-0.15, -0.1) is 0 Å². The van der Waals surface area contributed by atoms with Crippen LogP contribution in [0.1, 0.15) is 48.8 Å². The maximum absolute atomic E-state index is 13.7. The van der Waals surface area contributed by atoms with Crippen LogP contribution in [-0.2, 0) is 19.6 Å². The van der Waals surface area contributed by atoms with Gasteiger partial charge < -0.3 is 15.4 Å². The Morgan fingerprint density at radius 1 is 0.925 bits per heavy atom. The molecule has 40 heavy (non-hydrogen) atoms. The van der Waals surface area contributed by atoms with Crippen LogP contribution >= 0.6 is 0 Å². The summed E-state index contributed by atoms with van der Waals surface area (Å²) in [7, 11) is 1.59. The highest BCUT2D eigenvalue weighted by molar-refractivity contribution is 5.46. The smallest absolute Gasteiger partial charge is 0.355 e. The molecule has 1 aliphatic carbocycles. The quantitative estimate of drug-likeness (QED) is 0.305. The van der Waals surface area contributed by atoms with E-state index in [9.17, 15) is 14.0 Å². The highest BCUT2D eigenvalue weighted by Gasteiger charge is 2.17. The van der Waals surface area contributed by atoms with E-state index in [-0.39, 0.29) is 19.0 Å². The average Bonchev–Trinajstić information content (AvgIpc) is 2.98.